The van der Waals surface area contributed by atoms with Gasteiger partial charge in [0.15, 0.2) is 0 Å². The van der Waals surface area contributed by atoms with Crippen molar-refractivity contribution >= 4 is 11.6 Å². The Bertz CT molecular complexity index is 545. The molecule has 2 N–H and O–H groups in total. The highest BCUT2D eigenvalue weighted by atomic mass is 16.2. The molecule has 0 fully saturated rings. The fourth-order valence-corrected chi connectivity index (χ4v) is 1.93. The first-order chi connectivity index (χ1) is 8.58. The Morgan fingerprint density at radius 3 is 2.56 bits per heavy atom. The number of anilines is 1. The number of aromatic nitrogens is 1. The van der Waals surface area contributed by atoms with Gasteiger partial charge in [0, 0.05) is 26.8 Å². The Labute approximate surface area is 107 Å². The molecule has 1 aromatic carbocycles. The average molecular weight is 243 g/mol. The van der Waals surface area contributed by atoms with Crippen LogP contribution in [0.25, 0.3) is 0 Å². The maximum atomic E-state index is 12.2. The minimum Gasteiger partial charge on any atom is -0.397 e. The van der Waals surface area contributed by atoms with Gasteiger partial charge in [0.2, 0.25) is 0 Å². The summed E-state index contributed by atoms with van der Waals surface area (Å²) in [5.41, 5.74) is 7.99. The second kappa shape index (κ2) is 4.96. The fourth-order valence-electron chi connectivity index (χ4n) is 1.93. The monoisotopic (exact) mass is 243 g/mol. The summed E-state index contributed by atoms with van der Waals surface area (Å²) >= 11 is 0. The summed E-state index contributed by atoms with van der Waals surface area (Å²) in [7, 11) is 3.61. The van der Waals surface area contributed by atoms with Crippen LogP contribution in [0.5, 0.6) is 0 Å². The molecule has 1 heterocycles. The Hall–Kier alpha value is -2.23. The minimum absolute atomic E-state index is 0.0296. The molecule has 18 heavy (non-hydrogen) atoms. The lowest BCUT2D eigenvalue weighted by molar-refractivity contribution is 0.0775. The number of carbonyl (C=O) groups is 1. The van der Waals surface area contributed by atoms with E-state index in [2.05, 4.69) is 0 Å². The number of amides is 1. The highest BCUT2D eigenvalue weighted by Crippen LogP contribution is 2.12. The van der Waals surface area contributed by atoms with Crippen molar-refractivity contribution < 1.29 is 4.79 Å². The molecule has 1 amide bonds. The van der Waals surface area contributed by atoms with Gasteiger partial charge in [-0.2, -0.15) is 0 Å². The second-order valence-corrected chi connectivity index (χ2v) is 4.42. The van der Waals surface area contributed by atoms with Gasteiger partial charge in [-0.05, 0) is 11.6 Å². The van der Waals surface area contributed by atoms with Gasteiger partial charge in [-0.1, -0.05) is 30.3 Å². The van der Waals surface area contributed by atoms with Crippen LogP contribution in [0.1, 0.15) is 16.1 Å². The predicted octanol–water partition coefficient (Wildman–Crippen LogP) is 1.88. The zero-order valence-corrected chi connectivity index (χ0v) is 10.6. The Morgan fingerprint density at radius 1 is 1.33 bits per heavy atom. The first-order valence-electron chi connectivity index (χ1n) is 5.79. The van der Waals surface area contributed by atoms with E-state index in [1.807, 2.05) is 37.4 Å². The van der Waals surface area contributed by atoms with Crippen LogP contribution in [0.2, 0.25) is 0 Å². The molecule has 0 radical (unpaired) electrons. The minimum atomic E-state index is -0.0296. The molecular weight excluding hydrogens is 226 g/mol. The van der Waals surface area contributed by atoms with Gasteiger partial charge >= 0.3 is 0 Å². The number of nitrogen functional groups attached to an aromatic ring is 1. The van der Waals surface area contributed by atoms with E-state index < -0.39 is 0 Å². The molecule has 0 aliphatic heterocycles. The van der Waals surface area contributed by atoms with E-state index in [9.17, 15) is 4.79 Å². The first-order valence-corrected chi connectivity index (χ1v) is 5.79. The number of nitrogens with zero attached hydrogens (tertiary/aromatic N) is 2. The van der Waals surface area contributed by atoms with Crippen LogP contribution in [0.15, 0.2) is 42.6 Å². The molecule has 94 valence electrons. The van der Waals surface area contributed by atoms with E-state index in [1.54, 1.807) is 28.8 Å². The van der Waals surface area contributed by atoms with Gasteiger partial charge in [-0.25, -0.2) is 0 Å². The van der Waals surface area contributed by atoms with E-state index in [1.165, 1.54) is 0 Å². The summed E-state index contributed by atoms with van der Waals surface area (Å²) in [6, 6.07) is 11.6. The summed E-state index contributed by atoms with van der Waals surface area (Å²) in [5, 5.41) is 0. The summed E-state index contributed by atoms with van der Waals surface area (Å²) < 4.78 is 1.75. The maximum absolute atomic E-state index is 12.2. The van der Waals surface area contributed by atoms with E-state index in [4.69, 9.17) is 5.73 Å². The lowest BCUT2D eigenvalue weighted by atomic mass is 10.2. The number of carbonyl (C=O) groups excluding carboxylic acids is 1. The van der Waals surface area contributed by atoms with Crippen molar-refractivity contribution in [3.05, 3.63) is 53.9 Å². The third kappa shape index (κ3) is 2.53. The number of benzene rings is 1. The van der Waals surface area contributed by atoms with E-state index in [0.29, 0.717) is 17.9 Å². The van der Waals surface area contributed by atoms with E-state index >= 15 is 0 Å². The molecular formula is C14H17N3O. The SMILES string of the molecule is CN(Cc1ccccc1)C(=O)c1cc(N)cn1C. The molecule has 0 unspecified atom stereocenters. The molecule has 0 aliphatic carbocycles. The molecule has 0 saturated carbocycles. The smallest absolute Gasteiger partial charge is 0.270 e. The van der Waals surface area contributed by atoms with Crippen LogP contribution < -0.4 is 5.73 Å². The van der Waals surface area contributed by atoms with Crippen molar-refractivity contribution in [3.63, 3.8) is 0 Å². The molecule has 0 saturated heterocycles. The summed E-state index contributed by atoms with van der Waals surface area (Å²) in [6.07, 6.45) is 1.74. The highest BCUT2D eigenvalue weighted by molar-refractivity contribution is 5.93. The summed E-state index contributed by atoms with van der Waals surface area (Å²) in [4.78, 5) is 13.9. The quantitative estimate of drug-likeness (QED) is 0.894. The van der Waals surface area contributed by atoms with Gasteiger partial charge in [-0.3, -0.25) is 4.79 Å². The second-order valence-electron chi connectivity index (χ2n) is 4.42. The fraction of sp³-hybridized carbons (Fsp3) is 0.214. The standard InChI is InChI=1S/C14H17N3O/c1-16-10-12(15)8-13(16)14(18)17(2)9-11-6-4-3-5-7-11/h3-8,10H,9,15H2,1-2H3. The molecule has 0 spiro atoms. The summed E-state index contributed by atoms with van der Waals surface area (Å²) in [5.74, 6) is -0.0296. The normalized spacial score (nSPS) is 10.3. The molecule has 0 aliphatic rings. The van der Waals surface area contributed by atoms with Crippen LogP contribution >= 0.6 is 0 Å². The van der Waals surface area contributed by atoms with Crippen LogP contribution in [0.4, 0.5) is 5.69 Å². The Morgan fingerprint density at radius 2 is 2.00 bits per heavy atom. The molecule has 0 atom stereocenters. The van der Waals surface area contributed by atoms with Crippen molar-refractivity contribution in [1.29, 1.82) is 0 Å². The number of aryl methyl sites for hydroxylation is 1. The topological polar surface area (TPSA) is 51.3 Å². The molecule has 2 rings (SSSR count). The van der Waals surface area contributed by atoms with Crippen molar-refractivity contribution in [3.8, 4) is 0 Å². The van der Waals surface area contributed by atoms with E-state index in [0.717, 1.165) is 5.56 Å². The number of hydrogen-bond donors (Lipinski definition) is 1. The average Bonchev–Trinajstić information content (AvgIpc) is 2.68. The van der Waals surface area contributed by atoms with Crippen molar-refractivity contribution in [2.75, 3.05) is 12.8 Å². The van der Waals surface area contributed by atoms with Crippen LogP contribution in [0.3, 0.4) is 0 Å². The zero-order chi connectivity index (χ0) is 13.1. The molecule has 0 bridgehead atoms. The first kappa shape index (κ1) is 12.2. The van der Waals surface area contributed by atoms with Crippen molar-refractivity contribution in [2.45, 2.75) is 6.54 Å². The maximum Gasteiger partial charge on any atom is 0.270 e. The van der Waals surface area contributed by atoms with Crippen molar-refractivity contribution in [2.24, 2.45) is 7.05 Å². The van der Waals surface area contributed by atoms with E-state index in [-0.39, 0.29) is 5.91 Å². The largest absolute Gasteiger partial charge is 0.397 e. The number of hydrogen-bond acceptors (Lipinski definition) is 2. The molecule has 4 nitrogen and oxygen atoms in total. The molecule has 4 heteroatoms. The Kier molecular flexibility index (Phi) is 3.37. The lowest BCUT2D eigenvalue weighted by Crippen LogP contribution is -2.27. The third-order valence-corrected chi connectivity index (χ3v) is 2.85. The van der Waals surface area contributed by atoms with Gasteiger partial charge in [0.05, 0.1) is 5.69 Å². The van der Waals surface area contributed by atoms with Crippen LogP contribution in [-0.4, -0.2) is 22.4 Å². The third-order valence-electron chi connectivity index (χ3n) is 2.85. The van der Waals surface area contributed by atoms with Crippen LogP contribution in [0, 0.1) is 0 Å². The van der Waals surface area contributed by atoms with Crippen molar-refractivity contribution in [1.82, 2.24) is 9.47 Å². The lowest BCUT2D eigenvalue weighted by Gasteiger charge is -2.17. The van der Waals surface area contributed by atoms with Crippen LogP contribution in [-0.2, 0) is 13.6 Å². The number of nitrogens with two attached hydrogens (primary N) is 1. The number of rotatable bonds is 3. The highest BCUT2D eigenvalue weighted by Gasteiger charge is 2.15. The zero-order valence-electron chi connectivity index (χ0n) is 10.6. The van der Waals surface area contributed by atoms with Gasteiger partial charge in [-0.15, -0.1) is 0 Å². The molecule has 1 aromatic heterocycles. The van der Waals surface area contributed by atoms with Gasteiger partial charge in [0.25, 0.3) is 5.91 Å². The predicted molar refractivity (Wildman–Crippen MR) is 72.1 cm³/mol. The van der Waals surface area contributed by atoms with Gasteiger partial charge in [0.1, 0.15) is 5.69 Å². The molecule has 2 aromatic rings. The Balaban J connectivity index is 2.12. The van der Waals surface area contributed by atoms with Gasteiger partial charge < -0.3 is 15.2 Å². The summed E-state index contributed by atoms with van der Waals surface area (Å²) in [6.45, 7) is 0.588.